The van der Waals surface area contributed by atoms with Gasteiger partial charge >= 0.3 is 6.09 Å². The van der Waals surface area contributed by atoms with Gasteiger partial charge in [-0.15, -0.1) is 0 Å². The van der Waals surface area contributed by atoms with Crippen LogP contribution in [0.2, 0.25) is 0 Å². The topological polar surface area (TPSA) is 82.4 Å². The van der Waals surface area contributed by atoms with Crippen LogP contribution in [-0.4, -0.2) is 30.0 Å². The van der Waals surface area contributed by atoms with Crippen LogP contribution in [0.25, 0.3) is 11.1 Å². The van der Waals surface area contributed by atoms with E-state index in [4.69, 9.17) is 10.00 Å². The number of ether oxygens (including phenoxy) is 1. The van der Waals surface area contributed by atoms with Gasteiger partial charge in [0.15, 0.2) is 5.54 Å². The number of benzene rings is 2. The Kier molecular flexibility index (Phi) is 4.24. The quantitative estimate of drug-likeness (QED) is 0.907. The maximum atomic E-state index is 12.0. The number of carbonyl (C=O) groups is 1. The summed E-state index contributed by atoms with van der Waals surface area (Å²) in [5.41, 5.74) is 3.20. The summed E-state index contributed by atoms with van der Waals surface area (Å²) in [5, 5.41) is 20.6. The van der Waals surface area contributed by atoms with E-state index in [1.807, 2.05) is 42.5 Å². The third kappa shape index (κ3) is 2.84. The van der Waals surface area contributed by atoms with Crippen molar-refractivity contribution in [1.29, 1.82) is 5.26 Å². The first-order valence-electron chi connectivity index (χ1n) is 7.73. The zero-order valence-electron chi connectivity index (χ0n) is 13.3. The fraction of sp³-hybridized carbons (Fsp3) is 0.263. The first-order chi connectivity index (χ1) is 11.6. The van der Waals surface area contributed by atoms with Gasteiger partial charge in [-0.05, 0) is 29.2 Å². The highest BCUT2D eigenvalue weighted by atomic mass is 16.5. The molecule has 1 aliphatic carbocycles. The van der Waals surface area contributed by atoms with Crippen LogP contribution >= 0.6 is 0 Å². The molecule has 2 N–H and O–H groups in total. The van der Waals surface area contributed by atoms with E-state index in [-0.39, 0.29) is 12.5 Å². The number of aliphatic hydroxyl groups is 1. The Hall–Kier alpha value is -2.84. The number of rotatable bonds is 4. The fourth-order valence-corrected chi connectivity index (χ4v) is 2.96. The van der Waals surface area contributed by atoms with Gasteiger partial charge in [0.25, 0.3) is 0 Å². The molecule has 0 aromatic heterocycles. The molecule has 1 atom stereocenters. The molecule has 3 rings (SSSR count). The summed E-state index contributed by atoms with van der Waals surface area (Å²) in [7, 11) is 0. The summed E-state index contributed by atoms with van der Waals surface area (Å²) in [5.74, 6) is -0.0365. The van der Waals surface area contributed by atoms with Gasteiger partial charge in [0.2, 0.25) is 0 Å². The number of nitrogens with one attached hydrogen (secondary N) is 1. The third-order valence-corrected chi connectivity index (χ3v) is 4.28. The lowest BCUT2D eigenvalue weighted by Crippen LogP contribution is -2.48. The summed E-state index contributed by atoms with van der Waals surface area (Å²) in [6.07, 6.45) is -0.713. The number of aliphatic hydroxyl groups excluding tert-OH is 1. The smallest absolute Gasteiger partial charge is 0.408 e. The van der Waals surface area contributed by atoms with Gasteiger partial charge in [-0.25, -0.2) is 4.79 Å². The van der Waals surface area contributed by atoms with Gasteiger partial charge in [0.05, 0.1) is 12.7 Å². The highest BCUT2D eigenvalue weighted by molar-refractivity contribution is 5.79. The Morgan fingerprint density at radius 2 is 1.75 bits per heavy atom. The molecule has 2 aromatic rings. The maximum Gasteiger partial charge on any atom is 0.408 e. The minimum atomic E-state index is -1.34. The lowest BCUT2D eigenvalue weighted by Gasteiger charge is -2.21. The summed E-state index contributed by atoms with van der Waals surface area (Å²) in [6, 6.07) is 18.0. The molecule has 1 amide bonds. The Labute approximate surface area is 140 Å². The maximum absolute atomic E-state index is 12.0. The van der Waals surface area contributed by atoms with Gasteiger partial charge in [-0.2, -0.15) is 5.26 Å². The number of nitriles is 1. The van der Waals surface area contributed by atoms with E-state index in [9.17, 15) is 9.90 Å². The number of hydrogen-bond donors (Lipinski definition) is 2. The Morgan fingerprint density at radius 3 is 2.25 bits per heavy atom. The van der Waals surface area contributed by atoms with Gasteiger partial charge in [0, 0.05) is 5.92 Å². The van der Waals surface area contributed by atoms with E-state index in [0.29, 0.717) is 0 Å². The van der Waals surface area contributed by atoms with E-state index in [1.165, 1.54) is 6.92 Å². The first kappa shape index (κ1) is 16.0. The van der Waals surface area contributed by atoms with Crippen LogP contribution in [0.3, 0.4) is 0 Å². The predicted molar refractivity (Wildman–Crippen MR) is 89.3 cm³/mol. The molecular weight excluding hydrogens is 304 g/mol. The molecule has 0 radical (unpaired) electrons. The highest BCUT2D eigenvalue weighted by Gasteiger charge is 2.30. The molecule has 1 aliphatic rings. The van der Waals surface area contributed by atoms with Crippen molar-refractivity contribution in [2.75, 3.05) is 13.2 Å². The van der Waals surface area contributed by atoms with Gasteiger partial charge in [0.1, 0.15) is 6.61 Å². The van der Waals surface area contributed by atoms with E-state index in [0.717, 1.165) is 22.3 Å². The van der Waals surface area contributed by atoms with E-state index in [2.05, 4.69) is 17.4 Å². The molecule has 5 heteroatoms. The van der Waals surface area contributed by atoms with Gasteiger partial charge in [-0.3, -0.25) is 0 Å². The van der Waals surface area contributed by atoms with E-state index < -0.39 is 18.2 Å². The number of carbonyl (C=O) groups excluding carboxylic acids is 1. The second-order valence-electron chi connectivity index (χ2n) is 6.05. The molecule has 0 saturated carbocycles. The average Bonchev–Trinajstić information content (AvgIpc) is 2.94. The van der Waals surface area contributed by atoms with Crippen molar-refractivity contribution in [2.45, 2.75) is 18.4 Å². The second-order valence-corrected chi connectivity index (χ2v) is 6.05. The zero-order valence-corrected chi connectivity index (χ0v) is 13.3. The molecule has 0 spiro atoms. The molecule has 0 saturated heterocycles. The standard InChI is InChI=1S/C19H18N2O3/c1-19(11-20,12-22)21-18(23)24-10-17-15-8-4-2-6-13(15)14-7-3-5-9-16(14)17/h2-9,17,22H,10,12H2,1H3,(H,21,23). The zero-order chi connectivity index (χ0) is 17.2. The highest BCUT2D eigenvalue weighted by Crippen LogP contribution is 2.44. The third-order valence-electron chi connectivity index (χ3n) is 4.28. The molecule has 24 heavy (non-hydrogen) atoms. The molecule has 0 fully saturated rings. The minimum Gasteiger partial charge on any atom is -0.449 e. The molecule has 0 bridgehead atoms. The van der Waals surface area contributed by atoms with Gasteiger partial charge < -0.3 is 15.2 Å². The number of nitrogens with zero attached hydrogens (tertiary/aromatic N) is 1. The summed E-state index contributed by atoms with van der Waals surface area (Å²) < 4.78 is 5.33. The minimum absolute atomic E-state index is 0.0365. The Morgan fingerprint density at radius 1 is 1.21 bits per heavy atom. The van der Waals surface area contributed by atoms with Gasteiger partial charge in [-0.1, -0.05) is 48.5 Å². The van der Waals surface area contributed by atoms with E-state index in [1.54, 1.807) is 0 Å². The molecular formula is C19H18N2O3. The number of alkyl carbamates (subject to hydrolysis) is 1. The van der Waals surface area contributed by atoms with Crippen molar-refractivity contribution in [2.24, 2.45) is 0 Å². The molecule has 5 nitrogen and oxygen atoms in total. The molecule has 2 aromatic carbocycles. The van der Waals surface area contributed by atoms with Crippen molar-refractivity contribution in [3.63, 3.8) is 0 Å². The lowest BCUT2D eigenvalue weighted by atomic mass is 9.98. The van der Waals surface area contributed by atoms with Crippen molar-refractivity contribution in [3.05, 3.63) is 59.7 Å². The van der Waals surface area contributed by atoms with Crippen molar-refractivity contribution < 1.29 is 14.6 Å². The van der Waals surface area contributed by atoms with Crippen LogP contribution in [0.4, 0.5) is 4.79 Å². The van der Waals surface area contributed by atoms with Crippen LogP contribution < -0.4 is 5.32 Å². The van der Waals surface area contributed by atoms with Crippen LogP contribution in [-0.2, 0) is 4.74 Å². The van der Waals surface area contributed by atoms with Crippen LogP contribution in [0.15, 0.2) is 48.5 Å². The Bertz CT molecular complexity index is 767. The van der Waals surface area contributed by atoms with Crippen molar-refractivity contribution in [3.8, 4) is 17.2 Å². The molecule has 122 valence electrons. The van der Waals surface area contributed by atoms with Crippen molar-refractivity contribution in [1.82, 2.24) is 5.32 Å². The lowest BCUT2D eigenvalue weighted by molar-refractivity contribution is 0.126. The molecule has 0 aliphatic heterocycles. The van der Waals surface area contributed by atoms with E-state index >= 15 is 0 Å². The largest absolute Gasteiger partial charge is 0.449 e. The number of amides is 1. The normalized spacial score (nSPS) is 14.9. The first-order valence-corrected chi connectivity index (χ1v) is 7.73. The summed E-state index contributed by atoms with van der Waals surface area (Å²) in [6.45, 7) is 1.13. The number of hydrogen-bond acceptors (Lipinski definition) is 4. The SMILES string of the molecule is CC(C#N)(CO)NC(=O)OCC1c2ccccc2-c2ccccc21. The molecule has 0 heterocycles. The molecule has 1 unspecified atom stereocenters. The van der Waals surface area contributed by atoms with Crippen LogP contribution in [0.1, 0.15) is 24.0 Å². The second kappa shape index (κ2) is 6.34. The monoisotopic (exact) mass is 322 g/mol. The fourth-order valence-electron chi connectivity index (χ4n) is 2.96. The predicted octanol–water partition coefficient (Wildman–Crippen LogP) is 2.80. The number of fused-ring (bicyclic) bond motifs is 3. The van der Waals surface area contributed by atoms with Crippen LogP contribution in [0, 0.1) is 11.3 Å². The Balaban J connectivity index is 1.77. The summed E-state index contributed by atoms with van der Waals surface area (Å²) in [4.78, 5) is 12.0. The summed E-state index contributed by atoms with van der Waals surface area (Å²) >= 11 is 0. The van der Waals surface area contributed by atoms with Crippen LogP contribution in [0.5, 0.6) is 0 Å². The average molecular weight is 322 g/mol. The van der Waals surface area contributed by atoms with Crippen molar-refractivity contribution >= 4 is 6.09 Å².